The van der Waals surface area contributed by atoms with Crippen LogP contribution in [-0.4, -0.2) is 5.97 Å². The maximum Gasteiger partial charge on any atom is 0.308 e. The zero-order chi connectivity index (χ0) is 9.26. The molecule has 1 heterocycles. The fraction of sp³-hybridized carbons (Fsp3) is 0.300. The molecule has 1 aliphatic heterocycles. The van der Waals surface area contributed by atoms with Gasteiger partial charge in [-0.1, -0.05) is 6.07 Å². The second-order valence-electron chi connectivity index (χ2n) is 3.06. The third kappa shape index (κ3) is 1.70. The Bertz CT molecular complexity index is 347. The molecule has 0 saturated heterocycles. The van der Waals surface area contributed by atoms with Crippen LogP contribution < -0.4 is 10.1 Å². The van der Waals surface area contributed by atoms with E-state index in [1.807, 2.05) is 12.1 Å². The molecule has 0 unspecified atom stereocenters. The first-order valence-corrected chi connectivity index (χ1v) is 4.19. The number of ether oxygens (including phenoxy) is 1. The van der Waals surface area contributed by atoms with Crippen molar-refractivity contribution in [2.45, 2.75) is 20.0 Å². The summed E-state index contributed by atoms with van der Waals surface area (Å²) in [4.78, 5) is 10.7. The molecule has 0 bridgehead atoms. The van der Waals surface area contributed by atoms with E-state index in [9.17, 15) is 4.79 Å². The van der Waals surface area contributed by atoms with Crippen molar-refractivity contribution in [1.29, 1.82) is 0 Å². The van der Waals surface area contributed by atoms with Gasteiger partial charge in [-0.3, -0.25) is 4.79 Å². The van der Waals surface area contributed by atoms with Gasteiger partial charge in [-0.05, 0) is 23.3 Å². The molecule has 1 aliphatic rings. The number of fused-ring (bicyclic) bond motifs is 1. The molecule has 13 heavy (non-hydrogen) atoms. The quantitative estimate of drug-likeness (QED) is 0.477. The molecule has 1 radical (unpaired) electrons. The fourth-order valence-corrected chi connectivity index (χ4v) is 1.43. The Morgan fingerprint density at radius 2 is 2.15 bits per heavy atom. The normalized spacial score (nSPS) is 13.9. The Hall–Kier alpha value is -1.35. The maximum absolute atomic E-state index is 10.7. The van der Waals surface area contributed by atoms with E-state index in [2.05, 4.69) is 5.32 Å². The predicted octanol–water partition coefficient (Wildman–Crippen LogP) is 1.23. The smallest absolute Gasteiger partial charge is 0.308 e. The highest BCUT2D eigenvalue weighted by Crippen LogP contribution is 2.22. The first-order chi connectivity index (χ1) is 6.25. The minimum absolute atomic E-state index is 0.283. The summed E-state index contributed by atoms with van der Waals surface area (Å²) >= 11 is 0. The van der Waals surface area contributed by atoms with Crippen molar-refractivity contribution >= 4 is 5.97 Å². The number of hydrogen-bond acceptors (Lipinski definition) is 2. The van der Waals surface area contributed by atoms with Gasteiger partial charge in [0.25, 0.3) is 0 Å². The highest BCUT2D eigenvalue weighted by atomic mass is 16.5. The molecule has 2 rings (SSSR count). The average Bonchev–Trinajstić information content (AvgIpc) is 2.49. The van der Waals surface area contributed by atoms with Crippen LogP contribution in [0.4, 0.5) is 0 Å². The second kappa shape index (κ2) is 3.18. The molecule has 0 N–H and O–H groups in total. The van der Waals surface area contributed by atoms with E-state index in [0.29, 0.717) is 5.75 Å². The molecule has 0 atom stereocenters. The van der Waals surface area contributed by atoms with Crippen LogP contribution >= 0.6 is 0 Å². The van der Waals surface area contributed by atoms with Gasteiger partial charge >= 0.3 is 5.97 Å². The van der Waals surface area contributed by atoms with E-state index in [4.69, 9.17) is 4.74 Å². The summed E-state index contributed by atoms with van der Waals surface area (Å²) in [6, 6.07) is 5.65. The molecule has 0 spiro atoms. The summed E-state index contributed by atoms with van der Waals surface area (Å²) in [7, 11) is 0. The predicted molar refractivity (Wildman–Crippen MR) is 47.3 cm³/mol. The first-order valence-electron chi connectivity index (χ1n) is 4.19. The highest BCUT2D eigenvalue weighted by Gasteiger charge is 2.11. The van der Waals surface area contributed by atoms with Crippen LogP contribution in [0.25, 0.3) is 0 Å². The van der Waals surface area contributed by atoms with Crippen LogP contribution in [0.2, 0.25) is 0 Å². The SMILES string of the molecule is CC(=O)Oc1ccc2c(c1)C[N]C2. The Labute approximate surface area is 76.7 Å². The number of nitrogens with zero attached hydrogens (tertiary/aromatic N) is 1. The topological polar surface area (TPSA) is 40.4 Å². The van der Waals surface area contributed by atoms with E-state index >= 15 is 0 Å². The molecule has 1 aromatic carbocycles. The third-order valence-electron chi connectivity index (χ3n) is 2.00. The Kier molecular flexibility index (Phi) is 2.02. The van der Waals surface area contributed by atoms with Crippen LogP contribution in [0.5, 0.6) is 5.75 Å². The lowest BCUT2D eigenvalue weighted by Crippen LogP contribution is -2.01. The molecular formula is C10H10NO2. The third-order valence-corrected chi connectivity index (χ3v) is 2.00. The van der Waals surface area contributed by atoms with Crippen molar-refractivity contribution in [1.82, 2.24) is 5.32 Å². The van der Waals surface area contributed by atoms with Crippen molar-refractivity contribution in [3.63, 3.8) is 0 Å². The fourth-order valence-electron chi connectivity index (χ4n) is 1.43. The zero-order valence-corrected chi connectivity index (χ0v) is 7.41. The molecule has 3 heteroatoms. The number of carbonyl (C=O) groups is 1. The van der Waals surface area contributed by atoms with Gasteiger partial charge < -0.3 is 4.74 Å². The van der Waals surface area contributed by atoms with E-state index in [1.165, 1.54) is 18.1 Å². The zero-order valence-electron chi connectivity index (χ0n) is 7.41. The number of benzene rings is 1. The molecule has 0 aromatic heterocycles. The summed E-state index contributed by atoms with van der Waals surface area (Å²) in [5.41, 5.74) is 2.40. The van der Waals surface area contributed by atoms with Gasteiger partial charge in [0, 0.05) is 20.0 Å². The Morgan fingerprint density at radius 3 is 2.92 bits per heavy atom. The van der Waals surface area contributed by atoms with Crippen LogP contribution in [-0.2, 0) is 17.9 Å². The molecule has 0 fully saturated rings. The minimum atomic E-state index is -0.283. The molecule has 67 valence electrons. The van der Waals surface area contributed by atoms with Gasteiger partial charge in [0.1, 0.15) is 5.75 Å². The lowest BCUT2D eigenvalue weighted by atomic mass is 10.1. The van der Waals surface area contributed by atoms with E-state index in [-0.39, 0.29) is 5.97 Å². The van der Waals surface area contributed by atoms with Crippen molar-refractivity contribution in [3.05, 3.63) is 29.3 Å². The summed E-state index contributed by atoms with van der Waals surface area (Å²) in [5.74, 6) is 0.332. The molecule has 0 amide bonds. The molecular weight excluding hydrogens is 166 g/mol. The van der Waals surface area contributed by atoms with Gasteiger partial charge in [-0.2, -0.15) is 0 Å². The summed E-state index contributed by atoms with van der Waals surface area (Å²) < 4.78 is 4.96. The number of hydrogen-bond donors (Lipinski definition) is 0. The largest absolute Gasteiger partial charge is 0.427 e. The minimum Gasteiger partial charge on any atom is -0.427 e. The van der Waals surface area contributed by atoms with Crippen LogP contribution in [0.1, 0.15) is 18.1 Å². The van der Waals surface area contributed by atoms with Crippen LogP contribution in [0, 0.1) is 0 Å². The van der Waals surface area contributed by atoms with E-state index in [0.717, 1.165) is 13.1 Å². The summed E-state index contributed by atoms with van der Waals surface area (Å²) in [6.45, 7) is 2.93. The van der Waals surface area contributed by atoms with Gasteiger partial charge in [0.2, 0.25) is 0 Å². The standard InChI is InChI=1S/C10H10NO2/c1-7(12)13-10-3-2-8-5-11-6-9(8)4-10/h2-4H,5-6H2,1H3. The van der Waals surface area contributed by atoms with Gasteiger partial charge in [0.05, 0.1) is 0 Å². The molecule has 1 aromatic rings. The van der Waals surface area contributed by atoms with Crippen molar-refractivity contribution < 1.29 is 9.53 Å². The number of rotatable bonds is 1. The summed E-state index contributed by atoms with van der Waals surface area (Å²) in [5, 5.41) is 4.23. The number of carbonyl (C=O) groups excluding carboxylic acids is 1. The molecule has 3 nitrogen and oxygen atoms in total. The van der Waals surface area contributed by atoms with Crippen molar-refractivity contribution in [3.8, 4) is 5.75 Å². The van der Waals surface area contributed by atoms with Crippen LogP contribution in [0.15, 0.2) is 18.2 Å². The van der Waals surface area contributed by atoms with Gasteiger partial charge in [-0.15, -0.1) is 0 Å². The summed E-state index contributed by atoms with van der Waals surface area (Å²) in [6.07, 6.45) is 0. The molecule has 0 saturated carbocycles. The van der Waals surface area contributed by atoms with Crippen molar-refractivity contribution in [2.75, 3.05) is 0 Å². The lowest BCUT2D eigenvalue weighted by molar-refractivity contribution is -0.131. The van der Waals surface area contributed by atoms with Gasteiger partial charge in [0.15, 0.2) is 0 Å². The molecule has 0 aliphatic carbocycles. The van der Waals surface area contributed by atoms with E-state index in [1.54, 1.807) is 6.07 Å². The Balaban J connectivity index is 2.25. The van der Waals surface area contributed by atoms with E-state index < -0.39 is 0 Å². The highest BCUT2D eigenvalue weighted by molar-refractivity contribution is 5.69. The lowest BCUT2D eigenvalue weighted by Gasteiger charge is -2.02. The van der Waals surface area contributed by atoms with Crippen LogP contribution in [0.3, 0.4) is 0 Å². The monoisotopic (exact) mass is 176 g/mol. The van der Waals surface area contributed by atoms with Gasteiger partial charge in [-0.25, -0.2) is 5.32 Å². The van der Waals surface area contributed by atoms with Crippen molar-refractivity contribution in [2.24, 2.45) is 0 Å². The Morgan fingerprint density at radius 1 is 1.38 bits per heavy atom. The number of esters is 1. The maximum atomic E-state index is 10.7. The first kappa shape index (κ1) is 8.26. The second-order valence-corrected chi connectivity index (χ2v) is 3.06. The average molecular weight is 176 g/mol.